The molecule has 0 unspecified atom stereocenters. The maximum absolute atomic E-state index is 13.0. The van der Waals surface area contributed by atoms with Crippen LogP contribution in [0.3, 0.4) is 0 Å². The zero-order valence-corrected chi connectivity index (χ0v) is 10.2. The smallest absolute Gasteiger partial charge is 0.333 e. The van der Waals surface area contributed by atoms with Crippen LogP contribution in [0.2, 0.25) is 0 Å². The minimum atomic E-state index is -0.359. The Morgan fingerprint density at radius 1 is 1.53 bits per heavy atom. The quantitative estimate of drug-likeness (QED) is 0.646. The second-order valence-corrected chi connectivity index (χ2v) is 3.72. The number of halogens is 1. The van der Waals surface area contributed by atoms with Crippen molar-refractivity contribution < 1.29 is 13.9 Å². The van der Waals surface area contributed by atoms with E-state index >= 15 is 0 Å². The summed E-state index contributed by atoms with van der Waals surface area (Å²) in [6, 6.07) is 4.54. The van der Waals surface area contributed by atoms with Gasteiger partial charge in [-0.3, -0.25) is 0 Å². The SMILES string of the molecule is COC(=O)/C(C)=C/CNc1cc(F)ccc1C. The van der Waals surface area contributed by atoms with Crippen LogP contribution in [-0.4, -0.2) is 19.6 Å². The van der Waals surface area contributed by atoms with Crippen molar-refractivity contribution in [1.82, 2.24) is 0 Å². The Kier molecular flexibility index (Phi) is 4.69. The summed E-state index contributed by atoms with van der Waals surface area (Å²) in [7, 11) is 1.34. The summed E-state index contributed by atoms with van der Waals surface area (Å²) in [5.74, 6) is -0.644. The fraction of sp³-hybridized carbons (Fsp3) is 0.308. The molecule has 0 aromatic heterocycles. The lowest BCUT2D eigenvalue weighted by Gasteiger charge is -2.07. The molecule has 17 heavy (non-hydrogen) atoms. The second kappa shape index (κ2) is 6.03. The maximum atomic E-state index is 13.0. The van der Waals surface area contributed by atoms with Crippen LogP contribution in [0.25, 0.3) is 0 Å². The Bertz CT molecular complexity index is 441. The monoisotopic (exact) mass is 237 g/mol. The van der Waals surface area contributed by atoms with E-state index < -0.39 is 0 Å². The first-order valence-corrected chi connectivity index (χ1v) is 5.29. The average molecular weight is 237 g/mol. The van der Waals surface area contributed by atoms with Crippen LogP contribution >= 0.6 is 0 Å². The number of benzene rings is 1. The second-order valence-electron chi connectivity index (χ2n) is 3.72. The number of ether oxygens (including phenoxy) is 1. The van der Waals surface area contributed by atoms with Crippen molar-refractivity contribution in [3.8, 4) is 0 Å². The van der Waals surface area contributed by atoms with Gasteiger partial charge in [0.25, 0.3) is 0 Å². The van der Waals surface area contributed by atoms with Gasteiger partial charge >= 0.3 is 5.97 Å². The predicted octanol–water partition coefficient (Wildman–Crippen LogP) is 2.67. The van der Waals surface area contributed by atoms with Gasteiger partial charge < -0.3 is 10.1 Å². The van der Waals surface area contributed by atoms with Crippen molar-refractivity contribution in [3.63, 3.8) is 0 Å². The number of nitrogens with one attached hydrogen (secondary N) is 1. The lowest BCUT2D eigenvalue weighted by Crippen LogP contribution is -2.06. The molecule has 0 fully saturated rings. The third-order valence-electron chi connectivity index (χ3n) is 2.41. The van der Waals surface area contributed by atoms with Crippen LogP contribution in [0.5, 0.6) is 0 Å². The Hall–Kier alpha value is -1.84. The number of aryl methyl sites for hydroxylation is 1. The summed E-state index contributed by atoms with van der Waals surface area (Å²) in [6.45, 7) is 4.01. The van der Waals surface area contributed by atoms with Gasteiger partial charge in [0.2, 0.25) is 0 Å². The lowest BCUT2D eigenvalue weighted by molar-refractivity contribution is -0.136. The number of esters is 1. The molecule has 0 bridgehead atoms. The molecular weight excluding hydrogens is 221 g/mol. The average Bonchev–Trinajstić information content (AvgIpc) is 2.32. The van der Waals surface area contributed by atoms with Gasteiger partial charge in [-0.05, 0) is 31.5 Å². The summed E-state index contributed by atoms with van der Waals surface area (Å²) >= 11 is 0. The van der Waals surface area contributed by atoms with Crippen LogP contribution in [0.1, 0.15) is 12.5 Å². The normalized spacial score (nSPS) is 11.2. The van der Waals surface area contributed by atoms with Crippen LogP contribution in [0.4, 0.5) is 10.1 Å². The molecule has 0 amide bonds. The number of rotatable bonds is 4. The van der Waals surface area contributed by atoms with Crippen molar-refractivity contribution in [2.45, 2.75) is 13.8 Å². The standard InChI is InChI=1S/C13H16FNO2/c1-9-4-5-11(14)8-12(9)15-7-6-10(2)13(16)17-3/h4-6,8,15H,7H2,1-3H3/b10-6+. The van der Waals surface area contributed by atoms with E-state index in [1.807, 2.05) is 6.92 Å². The number of carbonyl (C=O) groups is 1. The molecule has 0 aliphatic carbocycles. The van der Waals surface area contributed by atoms with Crippen molar-refractivity contribution in [1.29, 1.82) is 0 Å². The van der Waals surface area contributed by atoms with E-state index in [9.17, 15) is 9.18 Å². The summed E-state index contributed by atoms with van der Waals surface area (Å²) in [4.78, 5) is 11.1. The molecule has 0 aliphatic rings. The van der Waals surface area contributed by atoms with Crippen LogP contribution < -0.4 is 5.32 Å². The first-order valence-electron chi connectivity index (χ1n) is 5.29. The minimum absolute atomic E-state index is 0.285. The minimum Gasteiger partial charge on any atom is -0.466 e. The highest BCUT2D eigenvalue weighted by atomic mass is 19.1. The Balaban J connectivity index is 2.62. The zero-order chi connectivity index (χ0) is 12.8. The van der Waals surface area contributed by atoms with Crippen LogP contribution in [0, 0.1) is 12.7 Å². The number of hydrogen-bond acceptors (Lipinski definition) is 3. The first-order chi connectivity index (χ1) is 8.04. The molecule has 1 aromatic rings. The molecule has 0 heterocycles. The van der Waals surface area contributed by atoms with Crippen LogP contribution in [0.15, 0.2) is 29.8 Å². The molecule has 0 spiro atoms. The number of anilines is 1. The Morgan fingerprint density at radius 2 is 2.24 bits per heavy atom. The van der Waals surface area contributed by atoms with Crippen molar-refractivity contribution in [2.24, 2.45) is 0 Å². The molecule has 0 saturated carbocycles. The molecule has 1 rings (SSSR count). The topological polar surface area (TPSA) is 38.3 Å². The molecule has 0 saturated heterocycles. The molecule has 0 aliphatic heterocycles. The Labute approximate surface area is 100 Å². The van der Waals surface area contributed by atoms with E-state index in [1.54, 1.807) is 19.1 Å². The van der Waals surface area contributed by atoms with Gasteiger partial charge in [-0.1, -0.05) is 12.1 Å². The van der Waals surface area contributed by atoms with Gasteiger partial charge in [0.05, 0.1) is 7.11 Å². The van der Waals surface area contributed by atoms with Crippen molar-refractivity contribution in [2.75, 3.05) is 19.0 Å². The molecule has 4 heteroatoms. The maximum Gasteiger partial charge on any atom is 0.333 e. The summed E-state index contributed by atoms with van der Waals surface area (Å²) in [5, 5.41) is 3.04. The van der Waals surface area contributed by atoms with Gasteiger partial charge in [0, 0.05) is 17.8 Å². The molecular formula is C13H16FNO2. The fourth-order valence-electron chi connectivity index (χ4n) is 1.34. The van der Waals surface area contributed by atoms with Gasteiger partial charge in [-0.2, -0.15) is 0 Å². The number of carbonyl (C=O) groups excluding carboxylic acids is 1. The number of hydrogen-bond donors (Lipinski definition) is 1. The molecule has 92 valence electrons. The van der Waals surface area contributed by atoms with Gasteiger partial charge in [0.1, 0.15) is 5.82 Å². The lowest BCUT2D eigenvalue weighted by atomic mass is 10.2. The van der Waals surface area contributed by atoms with Gasteiger partial charge in [-0.15, -0.1) is 0 Å². The predicted molar refractivity (Wildman–Crippen MR) is 65.4 cm³/mol. The largest absolute Gasteiger partial charge is 0.466 e. The Morgan fingerprint density at radius 3 is 2.88 bits per heavy atom. The summed E-state index contributed by atoms with van der Waals surface area (Å²) in [5.41, 5.74) is 2.20. The van der Waals surface area contributed by atoms with E-state index in [-0.39, 0.29) is 11.8 Å². The molecule has 3 nitrogen and oxygen atoms in total. The highest BCUT2D eigenvalue weighted by Crippen LogP contribution is 2.15. The highest BCUT2D eigenvalue weighted by molar-refractivity contribution is 5.87. The van der Waals surface area contributed by atoms with E-state index in [0.717, 1.165) is 11.3 Å². The summed E-state index contributed by atoms with van der Waals surface area (Å²) in [6.07, 6.45) is 1.70. The van der Waals surface area contributed by atoms with E-state index in [0.29, 0.717) is 12.1 Å². The van der Waals surface area contributed by atoms with Crippen molar-refractivity contribution in [3.05, 3.63) is 41.2 Å². The molecule has 0 atom stereocenters. The molecule has 1 aromatic carbocycles. The first kappa shape index (κ1) is 13.2. The van der Waals surface area contributed by atoms with Gasteiger partial charge in [-0.25, -0.2) is 9.18 Å². The van der Waals surface area contributed by atoms with Crippen LogP contribution in [-0.2, 0) is 9.53 Å². The van der Waals surface area contributed by atoms with Gasteiger partial charge in [0.15, 0.2) is 0 Å². The van der Waals surface area contributed by atoms with Crippen molar-refractivity contribution >= 4 is 11.7 Å². The van der Waals surface area contributed by atoms with E-state index in [1.165, 1.54) is 19.2 Å². The molecule has 0 radical (unpaired) electrons. The number of methoxy groups -OCH3 is 1. The van der Waals surface area contributed by atoms with E-state index in [4.69, 9.17) is 0 Å². The zero-order valence-electron chi connectivity index (χ0n) is 10.2. The highest BCUT2D eigenvalue weighted by Gasteiger charge is 2.02. The third-order valence-corrected chi connectivity index (χ3v) is 2.41. The third kappa shape index (κ3) is 3.90. The summed E-state index contributed by atoms with van der Waals surface area (Å²) < 4.78 is 17.5. The molecule has 1 N–H and O–H groups in total. The van der Waals surface area contributed by atoms with E-state index in [2.05, 4.69) is 10.1 Å². The fourth-order valence-corrected chi connectivity index (χ4v) is 1.34.